The second kappa shape index (κ2) is 8.52. The average molecular weight is 478 g/mol. The third kappa shape index (κ3) is 4.22. The van der Waals surface area contributed by atoms with Crippen LogP contribution in [0.2, 0.25) is 0 Å². The number of aromatic nitrogens is 2. The SMILES string of the molecule is O=c1c2cc(I)ccc2nc(C=Cc2ccccc2)n1CCc1ccccc1. The first-order valence-electron chi connectivity index (χ1n) is 9.18. The van der Waals surface area contributed by atoms with Crippen LogP contribution < -0.4 is 5.56 Å². The number of hydrogen-bond acceptors (Lipinski definition) is 2. The molecule has 0 aliphatic heterocycles. The van der Waals surface area contributed by atoms with Gasteiger partial charge in [0.1, 0.15) is 5.82 Å². The summed E-state index contributed by atoms with van der Waals surface area (Å²) in [5.41, 5.74) is 3.02. The fraction of sp³-hybridized carbons (Fsp3) is 0.0833. The molecule has 0 bridgehead atoms. The summed E-state index contributed by atoms with van der Waals surface area (Å²) >= 11 is 2.23. The van der Waals surface area contributed by atoms with E-state index in [1.807, 2.05) is 78.9 Å². The van der Waals surface area contributed by atoms with Crippen molar-refractivity contribution >= 4 is 45.6 Å². The van der Waals surface area contributed by atoms with Crippen LogP contribution in [0.4, 0.5) is 0 Å². The van der Waals surface area contributed by atoms with Crippen LogP contribution in [-0.2, 0) is 13.0 Å². The average Bonchev–Trinajstić information content (AvgIpc) is 2.74. The molecule has 4 rings (SSSR count). The highest BCUT2D eigenvalue weighted by molar-refractivity contribution is 14.1. The summed E-state index contributed by atoms with van der Waals surface area (Å²) in [5, 5.41) is 0.664. The van der Waals surface area contributed by atoms with Gasteiger partial charge in [-0.1, -0.05) is 66.7 Å². The molecule has 0 unspecified atom stereocenters. The van der Waals surface area contributed by atoms with E-state index in [0.717, 1.165) is 21.1 Å². The lowest BCUT2D eigenvalue weighted by Gasteiger charge is -2.12. The fourth-order valence-electron chi connectivity index (χ4n) is 3.17. The minimum absolute atomic E-state index is 0.00663. The summed E-state index contributed by atoms with van der Waals surface area (Å²) in [4.78, 5) is 18.0. The van der Waals surface area contributed by atoms with Gasteiger partial charge in [-0.25, -0.2) is 4.98 Å². The van der Waals surface area contributed by atoms with Gasteiger partial charge in [0.05, 0.1) is 10.9 Å². The molecule has 0 fully saturated rings. The van der Waals surface area contributed by atoms with Crippen molar-refractivity contribution < 1.29 is 0 Å². The lowest BCUT2D eigenvalue weighted by molar-refractivity contribution is 0.655. The minimum atomic E-state index is 0.00663. The summed E-state index contributed by atoms with van der Waals surface area (Å²) in [7, 11) is 0. The van der Waals surface area contributed by atoms with Gasteiger partial charge in [-0.2, -0.15) is 0 Å². The molecule has 0 amide bonds. The largest absolute Gasteiger partial charge is 0.292 e. The number of benzene rings is 3. The molecule has 138 valence electrons. The number of aryl methyl sites for hydroxylation is 1. The Labute approximate surface area is 177 Å². The van der Waals surface area contributed by atoms with Gasteiger partial charge >= 0.3 is 0 Å². The van der Waals surface area contributed by atoms with Crippen LogP contribution in [0, 0.1) is 3.57 Å². The second-order valence-corrected chi connectivity index (χ2v) is 7.81. The van der Waals surface area contributed by atoms with Crippen molar-refractivity contribution in [3.05, 3.63) is 110 Å². The molecule has 28 heavy (non-hydrogen) atoms. The first-order chi connectivity index (χ1) is 13.7. The third-order valence-corrected chi connectivity index (χ3v) is 5.31. The molecule has 0 spiro atoms. The lowest BCUT2D eigenvalue weighted by Crippen LogP contribution is -2.25. The highest BCUT2D eigenvalue weighted by atomic mass is 127. The maximum absolute atomic E-state index is 13.2. The van der Waals surface area contributed by atoms with Crippen molar-refractivity contribution in [1.29, 1.82) is 0 Å². The third-order valence-electron chi connectivity index (χ3n) is 4.64. The van der Waals surface area contributed by atoms with E-state index in [2.05, 4.69) is 34.7 Å². The normalized spacial score (nSPS) is 11.3. The fourth-order valence-corrected chi connectivity index (χ4v) is 3.67. The van der Waals surface area contributed by atoms with Crippen LogP contribution in [0.5, 0.6) is 0 Å². The van der Waals surface area contributed by atoms with E-state index in [9.17, 15) is 4.79 Å². The van der Waals surface area contributed by atoms with Crippen LogP contribution in [0.25, 0.3) is 23.1 Å². The van der Waals surface area contributed by atoms with Gasteiger partial charge in [0.15, 0.2) is 0 Å². The van der Waals surface area contributed by atoms with E-state index in [4.69, 9.17) is 4.98 Å². The molecule has 0 atom stereocenters. The standard InChI is InChI=1S/C24H19IN2O/c25-20-12-13-22-21(17-20)24(28)27(16-15-19-9-5-2-6-10-19)23(26-22)14-11-18-7-3-1-4-8-18/h1-14,17H,15-16H2. The van der Waals surface area contributed by atoms with Crippen molar-refractivity contribution in [3.8, 4) is 0 Å². The number of halogens is 1. The van der Waals surface area contributed by atoms with Crippen molar-refractivity contribution in [2.45, 2.75) is 13.0 Å². The van der Waals surface area contributed by atoms with Gasteiger partial charge in [-0.05, 0) is 64.4 Å². The van der Waals surface area contributed by atoms with Gasteiger partial charge in [0.2, 0.25) is 0 Å². The Kier molecular flexibility index (Phi) is 5.67. The molecule has 3 nitrogen and oxygen atoms in total. The maximum atomic E-state index is 13.2. The van der Waals surface area contributed by atoms with Crippen LogP contribution in [0.1, 0.15) is 17.0 Å². The van der Waals surface area contributed by atoms with Gasteiger partial charge in [0.25, 0.3) is 5.56 Å². The van der Waals surface area contributed by atoms with E-state index in [1.165, 1.54) is 5.56 Å². The van der Waals surface area contributed by atoms with Gasteiger partial charge < -0.3 is 0 Å². The Bertz CT molecular complexity index is 1180. The van der Waals surface area contributed by atoms with E-state index < -0.39 is 0 Å². The van der Waals surface area contributed by atoms with Gasteiger partial charge in [-0.3, -0.25) is 9.36 Å². The van der Waals surface area contributed by atoms with Crippen molar-refractivity contribution in [3.63, 3.8) is 0 Å². The molecule has 0 saturated carbocycles. The first-order valence-corrected chi connectivity index (χ1v) is 10.3. The predicted molar refractivity (Wildman–Crippen MR) is 124 cm³/mol. The molecule has 0 aliphatic carbocycles. The predicted octanol–water partition coefficient (Wildman–Crippen LogP) is 5.41. The minimum Gasteiger partial charge on any atom is -0.292 e. The zero-order valence-electron chi connectivity index (χ0n) is 15.3. The zero-order chi connectivity index (χ0) is 19.3. The van der Waals surface area contributed by atoms with E-state index in [1.54, 1.807) is 4.57 Å². The summed E-state index contributed by atoms with van der Waals surface area (Å²) in [5.74, 6) is 0.679. The molecule has 4 aromatic rings. The highest BCUT2D eigenvalue weighted by Crippen LogP contribution is 2.15. The van der Waals surface area contributed by atoms with Crippen molar-refractivity contribution in [1.82, 2.24) is 9.55 Å². The van der Waals surface area contributed by atoms with E-state index in [0.29, 0.717) is 17.8 Å². The Morgan fingerprint density at radius 1 is 0.893 bits per heavy atom. The molecule has 0 N–H and O–H groups in total. The Hall–Kier alpha value is -2.73. The van der Waals surface area contributed by atoms with Crippen molar-refractivity contribution in [2.24, 2.45) is 0 Å². The van der Waals surface area contributed by atoms with Crippen LogP contribution >= 0.6 is 22.6 Å². The number of rotatable bonds is 5. The van der Waals surface area contributed by atoms with Crippen molar-refractivity contribution in [2.75, 3.05) is 0 Å². The first kappa shape index (κ1) is 18.6. The molecular weight excluding hydrogens is 459 g/mol. The molecule has 1 heterocycles. The maximum Gasteiger partial charge on any atom is 0.261 e. The lowest BCUT2D eigenvalue weighted by atomic mass is 10.1. The molecule has 0 aliphatic rings. The summed E-state index contributed by atoms with van der Waals surface area (Å²) in [6.07, 6.45) is 4.71. The molecular formula is C24H19IN2O. The van der Waals surface area contributed by atoms with E-state index >= 15 is 0 Å². The summed E-state index contributed by atoms with van der Waals surface area (Å²) in [6.45, 7) is 0.589. The monoisotopic (exact) mass is 478 g/mol. The smallest absolute Gasteiger partial charge is 0.261 e. The Morgan fingerprint density at radius 3 is 2.36 bits per heavy atom. The number of hydrogen-bond donors (Lipinski definition) is 0. The van der Waals surface area contributed by atoms with Gasteiger partial charge in [-0.15, -0.1) is 0 Å². The zero-order valence-corrected chi connectivity index (χ0v) is 17.4. The molecule has 1 aromatic heterocycles. The molecule has 0 saturated heterocycles. The summed E-state index contributed by atoms with van der Waals surface area (Å²) in [6, 6.07) is 26.1. The van der Waals surface area contributed by atoms with Crippen LogP contribution in [0.3, 0.4) is 0 Å². The van der Waals surface area contributed by atoms with Crippen LogP contribution in [0.15, 0.2) is 83.7 Å². The highest BCUT2D eigenvalue weighted by Gasteiger charge is 2.10. The van der Waals surface area contributed by atoms with E-state index in [-0.39, 0.29) is 5.56 Å². The molecule has 0 radical (unpaired) electrons. The number of nitrogens with zero attached hydrogens (tertiary/aromatic N) is 2. The topological polar surface area (TPSA) is 34.9 Å². The molecule has 4 heteroatoms. The molecule has 3 aromatic carbocycles. The Morgan fingerprint density at radius 2 is 1.61 bits per heavy atom. The van der Waals surface area contributed by atoms with Gasteiger partial charge in [0, 0.05) is 10.1 Å². The number of fused-ring (bicyclic) bond motifs is 1. The second-order valence-electron chi connectivity index (χ2n) is 6.57. The Balaban J connectivity index is 1.78. The quantitative estimate of drug-likeness (QED) is 0.360. The summed E-state index contributed by atoms with van der Waals surface area (Å²) < 4.78 is 2.82. The van der Waals surface area contributed by atoms with Crippen LogP contribution in [-0.4, -0.2) is 9.55 Å².